The van der Waals surface area contributed by atoms with Crippen molar-refractivity contribution in [3.05, 3.63) is 28.4 Å². The minimum absolute atomic E-state index is 0.142. The van der Waals surface area contributed by atoms with E-state index in [1.807, 2.05) is 12.1 Å². The van der Waals surface area contributed by atoms with Crippen molar-refractivity contribution < 1.29 is 27.3 Å². The molecule has 1 aliphatic rings. The van der Waals surface area contributed by atoms with Crippen LogP contribution in [-0.4, -0.2) is 43.2 Å². The molecule has 1 amide bonds. The quantitative estimate of drug-likeness (QED) is 0.201. The van der Waals surface area contributed by atoms with Crippen molar-refractivity contribution in [1.29, 1.82) is 0 Å². The van der Waals surface area contributed by atoms with Crippen LogP contribution in [0.2, 0.25) is 0 Å². The van der Waals surface area contributed by atoms with Crippen LogP contribution in [0.15, 0.2) is 12.1 Å². The Balaban J connectivity index is 1.94. The lowest BCUT2D eigenvalue weighted by Gasteiger charge is -2.28. The minimum Gasteiger partial charge on any atom is -0.464 e. The molecule has 0 spiro atoms. The van der Waals surface area contributed by atoms with Crippen LogP contribution < -0.4 is 5.32 Å². The third-order valence-electron chi connectivity index (χ3n) is 4.17. The van der Waals surface area contributed by atoms with Crippen LogP contribution in [0.1, 0.15) is 36.0 Å². The molecular weight excluding hydrogens is 715 g/mol. The molecule has 0 aromatic heterocycles. The lowest BCUT2D eigenvalue weighted by molar-refractivity contribution is -0.149. The van der Waals surface area contributed by atoms with Gasteiger partial charge >= 0.3 is 5.97 Å². The molecule has 2 rings (SSSR count). The van der Waals surface area contributed by atoms with Gasteiger partial charge in [0.15, 0.2) is 0 Å². The van der Waals surface area contributed by atoms with Crippen molar-refractivity contribution in [3.63, 3.8) is 0 Å². The molecule has 1 fully saturated rings. The van der Waals surface area contributed by atoms with E-state index in [-0.39, 0.29) is 24.5 Å². The summed E-state index contributed by atoms with van der Waals surface area (Å²) in [6.45, 7) is -0.371. The van der Waals surface area contributed by atoms with Gasteiger partial charge in [0.1, 0.15) is 12.4 Å². The molecule has 1 saturated carbocycles. The van der Waals surface area contributed by atoms with Crippen molar-refractivity contribution >= 4 is 89.8 Å². The summed E-state index contributed by atoms with van der Waals surface area (Å²) in [4.78, 5) is 24.8. The number of esters is 1. The molecule has 11 heteroatoms. The molecule has 1 aromatic carbocycles. The van der Waals surface area contributed by atoms with Gasteiger partial charge in [-0.2, -0.15) is 8.42 Å². The second-order valence-electron chi connectivity index (χ2n) is 6.24. The first-order valence-electron chi connectivity index (χ1n) is 8.14. The van der Waals surface area contributed by atoms with Gasteiger partial charge in [-0.15, -0.1) is 0 Å². The summed E-state index contributed by atoms with van der Waals surface area (Å²) in [5, 5.41) is 3.00. The zero-order chi connectivity index (χ0) is 20.2. The number of amides is 1. The summed E-state index contributed by atoms with van der Waals surface area (Å²) in [6, 6.07) is 3.69. The lowest BCUT2D eigenvalue weighted by atomic mass is 9.85. The van der Waals surface area contributed by atoms with Gasteiger partial charge in [-0.05, 0) is 99.2 Å². The first kappa shape index (κ1) is 23.5. The van der Waals surface area contributed by atoms with E-state index in [1.165, 1.54) is 0 Å². The average Bonchev–Trinajstić information content (AvgIpc) is 2.57. The molecule has 1 aromatic rings. The molecule has 7 nitrogen and oxygen atoms in total. The first-order valence-corrected chi connectivity index (χ1v) is 13.0. The van der Waals surface area contributed by atoms with Gasteiger partial charge in [0, 0.05) is 16.8 Å². The molecule has 27 heavy (non-hydrogen) atoms. The van der Waals surface area contributed by atoms with Gasteiger partial charge in [0.05, 0.1) is 11.5 Å². The summed E-state index contributed by atoms with van der Waals surface area (Å²) < 4.78 is 37.9. The van der Waals surface area contributed by atoms with Gasteiger partial charge < -0.3 is 10.1 Å². The zero-order valence-electron chi connectivity index (χ0n) is 14.1. The van der Waals surface area contributed by atoms with Crippen LogP contribution in [0, 0.1) is 16.6 Å². The van der Waals surface area contributed by atoms with Crippen molar-refractivity contribution in [2.75, 3.05) is 12.4 Å². The average molecular weight is 733 g/mol. The van der Waals surface area contributed by atoms with E-state index in [2.05, 4.69) is 73.1 Å². The molecule has 0 bridgehead atoms. The second-order valence-corrected chi connectivity index (χ2v) is 11.3. The number of carbonyl (C=O) groups is 2. The van der Waals surface area contributed by atoms with E-state index in [9.17, 15) is 18.0 Å². The molecule has 2 N–H and O–H groups in total. The topological polar surface area (TPSA) is 110 Å². The number of hydrogen-bond donors (Lipinski definition) is 2. The van der Waals surface area contributed by atoms with Crippen LogP contribution >= 0.6 is 67.8 Å². The Bertz CT molecular complexity index is 830. The molecule has 0 radical (unpaired) electrons. The lowest BCUT2D eigenvalue weighted by Crippen LogP contribution is -2.40. The Labute approximate surface area is 198 Å². The summed E-state index contributed by atoms with van der Waals surface area (Å²) in [5.41, 5.74) is 0.616. The van der Waals surface area contributed by atoms with E-state index in [0.29, 0.717) is 18.4 Å². The van der Waals surface area contributed by atoms with E-state index in [1.54, 1.807) is 0 Å². The number of hydrogen-bond acceptors (Lipinski definition) is 5. The normalized spacial score (nSPS) is 20.1. The molecular formula is C16H18I3NO6S. The Hall–Kier alpha value is 0.260. The Morgan fingerprint density at radius 1 is 1.22 bits per heavy atom. The molecule has 150 valence electrons. The number of halogens is 3. The van der Waals surface area contributed by atoms with Gasteiger partial charge in [-0.1, -0.05) is 6.42 Å². The molecule has 0 aliphatic heterocycles. The largest absolute Gasteiger partial charge is 0.464 e. The fraction of sp³-hybridized carbons (Fsp3) is 0.500. The maximum atomic E-state index is 12.7. The minimum atomic E-state index is -4.16. The highest BCUT2D eigenvalue weighted by atomic mass is 127. The standard InChI is InChI=1S/C16H18I3NO6S/c17-10-7-12(14(19)13(18)8-10)15(21)20-11-3-1-2-9(6-11)16(22)26-4-5-27(23,24)25/h7-9,11H,1-6H2,(H,20,21)(H,23,24,25). The van der Waals surface area contributed by atoms with E-state index < -0.39 is 21.8 Å². The monoisotopic (exact) mass is 733 g/mol. The molecule has 2 atom stereocenters. The van der Waals surface area contributed by atoms with E-state index >= 15 is 0 Å². The SMILES string of the molecule is O=C(NC1CCCC(C(=O)OCCS(=O)(=O)O)C1)c1cc(I)cc(I)c1I. The number of benzene rings is 1. The van der Waals surface area contributed by atoms with Crippen molar-refractivity contribution in [2.45, 2.75) is 31.7 Å². The highest BCUT2D eigenvalue weighted by Gasteiger charge is 2.30. The van der Waals surface area contributed by atoms with Gasteiger partial charge in [0.2, 0.25) is 0 Å². The number of rotatable bonds is 6. The highest BCUT2D eigenvalue weighted by molar-refractivity contribution is 14.1. The van der Waals surface area contributed by atoms with Crippen molar-refractivity contribution in [2.24, 2.45) is 5.92 Å². The number of ether oxygens (including phenoxy) is 1. The number of carbonyl (C=O) groups excluding carboxylic acids is 2. The fourth-order valence-corrected chi connectivity index (χ4v) is 5.58. The van der Waals surface area contributed by atoms with Gasteiger partial charge in [-0.3, -0.25) is 14.1 Å². The summed E-state index contributed by atoms with van der Waals surface area (Å²) in [7, 11) is -4.16. The fourth-order valence-electron chi connectivity index (χ4n) is 2.88. The maximum absolute atomic E-state index is 12.7. The maximum Gasteiger partial charge on any atom is 0.309 e. The van der Waals surface area contributed by atoms with Crippen LogP contribution in [0.5, 0.6) is 0 Å². The second kappa shape index (κ2) is 10.3. The third kappa shape index (κ3) is 7.54. The third-order valence-corrected chi connectivity index (χ3v) is 8.52. The van der Waals surface area contributed by atoms with E-state index in [4.69, 9.17) is 9.29 Å². The molecule has 1 aliphatic carbocycles. The molecule has 0 heterocycles. The van der Waals surface area contributed by atoms with E-state index in [0.717, 1.165) is 23.6 Å². The predicted molar refractivity (Wildman–Crippen MR) is 125 cm³/mol. The van der Waals surface area contributed by atoms with Gasteiger partial charge in [-0.25, -0.2) is 0 Å². The van der Waals surface area contributed by atoms with Crippen LogP contribution in [0.4, 0.5) is 0 Å². The Morgan fingerprint density at radius 3 is 2.59 bits per heavy atom. The Kier molecular flexibility index (Phi) is 9.01. The molecule has 0 saturated heterocycles. The Morgan fingerprint density at radius 2 is 1.93 bits per heavy atom. The van der Waals surface area contributed by atoms with Crippen LogP contribution in [0.25, 0.3) is 0 Å². The van der Waals surface area contributed by atoms with Crippen molar-refractivity contribution in [3.8, 4) is 0 Å². The smallest absolute Gasteiger partial charge is 0.309 e. The first-order chi connectivity index (χ1) is 12.6. The summed E-state index contributed by atoms with van der Waals surface area (Å²) >= 11 is 6.52. The number of nitrogens with one attached hydrogen (secondary N) is 1. The van der Waals surface area contributed by atoms with Crippen LogP contribution in [0.3, 0.4) is 0 Å². The predicted octanol–water partition coefficient (Wildman–Crippen LogP) is 3.22. The summed E-state index contributed by atoms with van der Waals surface area (Å²) in [6.07, 6.45) is 2.63. The summed E-state index contributed by atoms with van der Waals surface area (Å²) in [5.74, 6) is -1.66. The van der Waals surface area contributed by atoms with Crippen LogP contribution in [-0.2, 0) is 19.6 Å². The highest BCUT2D eigenvalue weighted by Crippen LogP contribution is 2.27. The zero-order valence-corrected chi connectivity index (χ0v) is 21.4. The van der Waals surface area contributed by atoms with Gasteiger partial charge in [0.25, 0.3) is 16.0 Å². The molecule has 2 unspecified atom stereocenters. The van der Waals surface area contributed by atoms with Crippen molar-refractivity contribution in [1.82, 2.24) is 5.32 Å².